The Bertz CT molecular complexity index is 930. The van der Waals surface area contributed by atoms with E-state index in [1.807, 2.05) is 0 Å². The largest absolute Gasteiger partial charge is 0.303 e. The van der Waals surface area contributed by atoms with Crippen LogP contribution in [0, 0.1) is 15.9 Å². The number of para-hydroxylation sites is 1. The van der Waals surface area contributed by atoms with Crippen LogP contribution in [0.15, 0.2) is 60.2 Å². The number of nitro groups is 1. The number of hydrogen-bond donors (Lipinski definition) is 2. The summed E-state index contributed by atoms with van der Waals surface area (Å²) in [4.78, 5) is 22.8. The second-order valence-corrected chi connectivity index (χ2v) is 6.89. The summed E-state index contributed by atoms with van der Waals surface area (Å²) in [6.45, 7) is 3.81. The van der Waals surface area contributed by atoms with Crippen molar-refractivity contribution in [1.82, 2.24) is 10.7 Å². The van der Waals surface area contributed by atoms with E-state index in [1.54, 1.807) is 30.3 Å². The Kier molecular flexibility index (Phi) is 5.51. The van der Waals surface area contributed by atoms with Gasteiger partial charge in [-0.05, 0) is 29.8 Å². The number of halogens is 1. The van der Waals surface area contributed by atoms with Crippen LogP contribution in [0.1, 0.15) is 11.1 Å². The molecule has 1 amide bonds. The molecular formula is C18H15FN4O3S. The number of benzene rings is 2. The Morgan fingerprint density at radius 2 is 2.00 bits per heavy atom. The standard InChI is InChI=1S/C18H15FN4O3S/c1-11(12-6-8-14(19)9-7-12)21-22-18-20-17(24)16(27-18)10-13-4-2-3-5-15(13)23(25)26/h2-9,16,21H,1,10H2,(H,20,22,24). The maximum absolute atomic E-state index is 13.0. The molecule has 2 aromatic carbocycles. The van der Waals surface area contributed by atoms with Crippen LogP contribution in [0.5, 0.6) is 0 Å². The normalized spacial score (nSPS) is 17.6. The zero-order valence-electron chi connectivity index (χ0n) is 14.0. The summed E-state index contributed by atoms with van der Waals surface area (Å²) in [5.41, 5.74) is 4.30. The van der Waals surface area contributed by atoms with Crippen LogP contribution in [-0.4, -0.2) is 21.2 Å². The molecule has 1 aliphatic heterocycles. The van der Waals surface area contributed by atoms with Crippen LogP contribution in [-0.2, 0) is 11.2 Å². The molecule has 1 aliphatic rings. The minimum atomic E-state index is -0.522. The van der Waals surface area contributed by atoms with Crippen molar-refractivity contribution in [2.45, 2.75) is 11.7 Å². The number of rotatable bonds is 6. The molecule has 0 spiro atoms. The van der Waals surface area contributed by atoms with Gasteiger partial charge in [0.15, 0.2) is 5.17 Å². The number of nitrogens with zero attached hydrogens (tertiary/aromatic N) is 2. The van der Waals surface area contributed by atoms with E-state index >= 15 is 0 Å². The van der Waals surface area contributed by atoms with Crippen molar-refractivity contribution in [2.75, 3.05) is 0 Å². The maximum atomic E-state index is 13.0. The van der Waals surface area contributed by atoms with E-state index < -0.39 is 10.2 Å². The molecule has 7 nitrogen and oxygen atoms in total. The third-order valence-corrected chi connectivity index (χ3v) is 4.94. The topological polar surface area (TPSA) is 96.6 Å². The Morgan fingerprint density at radius 3 is 2.70 bits per heavy atom. The molecule has 1 fully saturated rings. The van der Waals surface area contributed by atoms with Crippen molar-refractivity contribution < 1.29 is 14.1 Å². The number of nitro benzene ring substituents is 1. The monoisotopic (exact) mass is 386 g/mol. The lowest BCUT2D eigenvalue weighted by molar-refractivity contribution is -0.385. The second-order valence-electron chi connectivity index (χ2n) is 5.70. The average molecular weight is 386 g/mol. The SMILES string of the molecule is C=C(N/N=C1\NC(=O)C(Cc2ccccc2[N+](=O)[O-])S1)c1ccc(F)cc1. The highest BCUT2D eigenvalue weighted by Crippen LogP contribution is 2.27. The van der Waals surface area contributed by atoms with Gasteiger partial charge in [0.05, 0.1) is 15.9 Å². The first-order valence-electron chi connectivity index (χ1n) is 7.92. The van der Waals surface area contributed by atoms with Gasteiger partial charge in [-0.15, -0.1) is 5.10 Å². The van der Waals surface area contributed by atoms with Crippen molar-refractivity contribution >= 4 is 34.2 Å². The van der Waals surface area contributed by atoms with Crippen LogP contribution in [0.4, 0.5) is 10.1 Å². The van der Waals surface area contributed by atoms with Gasteiger partial charge in [-0.1, -0.05) is 36.5 Å². The first kappa shape index (κ1) is 18.6. The zero-order chi connectivity index (χ0) is 19.4. The van der Waals surface area contributed by atoms with E-state index in [0.717, 1.165) is 0 Å². The van der Waals surface area contributed by atoms with Gasteiger partial charge < -0.3 is 5.32 Å². The third-order valence-electron chi connectivity index (χ3n) is 3.86. The number of carbonyl (C=O) groups excluding carboxylic acids is 1. The highest BCUT2D eigenvalue weighted by molar-refractivity contribution is 8.15. The summed E-state index contributed by atoms with van der Waals surface area (Å²) in [5, 5.41) is 17.6. The van der Waals surface area contributed by atoms with E-state index in [0.29, 0.717) is 22.0 Å². The van der Waals surface area contributed by atoms with Gasteiger partial charge in [-0.3, -0.25) is 20.3 Å². The molecule has 3 rings (SSSR count). The molecule has 2 aromatic rings. The number of carbonyl (C=O) groups is 1. The smallest absolute Gasteiger partial charge is 0.272 e. The summed E-state index contributed by atoms with van der Waals surface area (Å²) in [5.74, 6) is -0.625. The average Bonchev–Trinajstić information content (AvgIpc) is 3.00. The number of amides is 1. The highest BCUT2D eigenvalue weighted by atomic mass is 32.2. The first-order valence-corrected chi connectivity index (χ1v) is 8.80. The second kappa shape index (κ2) is 8.00. The van der Waals surface area contributed by atoms with Crippen LogP contribution in [0.3, 0.4) is 0 Å². The van der Waals surface area contributed by atoms with E-state index in [9.17, 15) is 19.3 Å². The maximum Gasteiger partial charge on any atom is 0.272 e. The molecule has 1 heterocycles. The van der Waals surface area contributed by atoms with Gasteiger partial charge in [0.2, 0.25) is 5.91 Å². The Labute approximate surface area is 158 Å². The van der Waals surface area contributed by atoms with Crippen molar-refractivity contribution in [1.29, 1.82) is 0 Å². The van der Waals surface area contributed by atoms with Gasteiger partial charge in [0, 0.05) is 18.1 Å². The fourth-order valence-corrected chi connectivity index (χ4v) is 3.44. The predicted octanol–water partition coefficient (Wildman–Crippen LogP) is 3.04. The van der Waals surface area contributed by atoms with Crippen molar-refractivity contribution in [3.8, 4) is 0 Å². The lowest BCUT2D eigenvalue weighted by Crippen LogP contribution is -2.27. The molecule has 0 saturated carbocycles. The Morgan fingerprint density at radius 1 is 1.30 bits per heavy atom. The molecule has 0 aromatic heterocycles. The summed E-state index contributed by atoms with van der Waals surface area (Å²) in [7, 11) is 0. The zero-order valence-corrected chi connectivity index (χ0v) is 14.8. The van der Waals surface area contributed by atoms with Gasteiger partial charge in [0.25, 0.3) is 5.69 Å². The Balaban J connectivity index is 1.65. The molecule has 138 valence electrons. The predicted molar refractivity (Wildman–Crippen MR) is 102 cm³/mol. The summed E-state index contributed by atoms with van der Waals surface area (Å²) in [6.07, 6.45) is 0.214. The third kappa shape index (κ3) is 4.50. The quantitative estimate of drug-likeness (QED) is 0.588. The van der Waals surface area contributed by atoms with Crippen molar-refractivity contribution in [2.24, 2.45) is 5.10 Å². The van der Waals surface area contributed by atoms with Crippen LogP contribution in [0.25, 0.3) is 5.70 Å². The van der Waals surface area contributed by atoms with Crippen molar-refractivity contribution in [3.63, 3.8) is 0 Å². The molecule has 0 aliphatic carbocycles. The van der Waals surface area contributed by atoms with E-state index in [-0.39, 0.29) is 23.8 Å². The van der Waals surface area contributed by atoms with E-state index in [1.165, 1.54) is 30.0 Å². The molecule has 1 atom stereocenters. The lowest BCUT2D eigenvalue weighted by Gasteiger charge is -2.06. The lowest BCUT2D eigenvalue weighted by atomic mass is 10.1. The number of thioether (sulfide) groups is 1. The van der Waals surface area contributed by atoms with Gasteiger partial charge in [-0.25, -0.2) is 4.39 Å². The minimum absolute atomic E-state index is 0.0147. The van der Waals surface area contributed by atoms with Gasteiger partial charge >= 0.3 is 0 Å². The fraction of sp³-hybridized carbons (Fsp3) is 0.111. The summed E-state index contributed by atoms with van der Waals surface area (Å²) < 4.78 is 13.0. The van der Waals surface area contributed by atoms with Crippen LogP contribution in [0.2, 0.25) is 0 Å². The van der Waals surface area contributed by atoms with Crippen LogP contribution < -0.4 is 10.7 Å². The number of hydrogen-bond acceptors (Lipinski definition) is 6. The molecule has 1 unspecified atom stereocenters. The van der Waals surface area contributed by atoms with E-state index in [2.05, 4.69) is 22.4 Å². The number of nitrogens with one attached hydrogen (secondary N) is 2. The fourth-order valence-electron chi connectivity index (χ4n) is 2.49. The molecule has 9 heteroatoms. The summed E-state index contributed by atoms with van der Waals surface area (Å²) >= 11 is 1.18. The number of amidine groups is 1. The van der Waals surface area contributed by atoms with Gasteiger partial charge in [0.1, 0.15) is 5.82 Å². The molecular weight excluding hydrogens is 371 g/mol. The minimum Gasteiger partial charge on any atom is -0.303 e. The molecule has 0 radical (unpaired) electrons. The van der Waals surface area contributed by atoms with Crippen molar-refractivity contribution in [3.05, 3.63) is 82.2 Å². The van der Waals surface area contributed by atoms with Gasteiger partial charge in [-0.2, -0.15) is 0 Å². The first-order chi connectivity index (χ1) is 12.9. The number of hydrazone groups is 1. The molecule has 0 bridgehead atoms. The van der Waals surface area contributed by atoms with E-state index in [4.69, 9.17) is 0 Å². The molecule has 1 saturated heterocycles. The molecule has 2 N–H and O–H groups in total. The van der Waals surface area contributed by atoms with Crippen LogP contribution >= 0.6 is 11.8 Å². The Hall–Kier alpha value is -3.20. The molecule has 27 heavy (non-hydrogen) atoms. The summed E-state index contributed by atoms with van der Waals surface area (Å²) in [6, 6.07) is 12.1. The highest BCUT2D eigenvalue weighted by Gasteiger charge is 2.32.